The summed E-state index contributed by atoms with van der Waals surface area (Å²) < 4.78 is 5.56. The number of benzene rings is 1. The summed E-state index contributed by atoms with van der Waals surface area (Å²) in [6.45, 7) is 5.72. The van der Waals surface area contributed by atoms with Gasteiger partial charge in [-0.25, -0.2) is 0 Å². The number of aliphatic hydroxyl groups excluding tert-OH is 2. The molecule has 7 atom stereocenters. The zero-order valence-corrected chi connectivity index (χ0v) is 20.8. The van der Waals surface area contributed by atoms with Gasteiger partial charge in [0.1, 0.15) is 6.10 Å². The van der Waals surface area contributed by atoms with Gasteiger partial charge in [0.25, 0.3) is 0 Å². The molecule has 0 aromatic heterocycles. The van der Waals surface area contributed by atoms with Crippen LogP contribution in [0.4, 0.5) is 0 Å². The normalized spacial score (nSPS) is 27.7. The number of esters is 1. The maximum atomic E-state index is 12.2. The van der Waals surface area contributed by atoms with Gasteiger partial charge in [0.05, 0.1) is 12.2 Å². The van der Waals surface area contributed by atoms with Crippen molar-refractivity contribution in [3.05, 3.63) is 59.7 Å². The fourth-order valence-electron chi connectivity index (χ4n) is 5.36. The van der Waals surface area contributed by atoms with E-state index in [2.05, 4.69) is 17.9 Å². The first-order chi connectivity index (χ1) is 16.4. The highest BCUT2D eigenvalue weighted by atomic mass is 16.5. The Kier molecular flexibility index (Phi) is 9.99. The molecule has 0 saturated heterocycles. The highest BCUT2D eigenvalue weighted by Crippen LogP contribution is 2.50. The molecule has 3 rings (SSSR count). The van der Waals surface area contributed by atoms with Crippen LogP contribution in [0.3, 0.4) is 0 Å². The molecule has 4 heteroatoms. The van der Waals surface area contributed by atoms with Gasteiger partial charge >= 0.3 is 5.97 Å². The number of fused-ring (bicyclic) bond motifs is 1. The molecule has 2 aliphatic rings. The summed E-state index contributed by atoms with van der Waals surface area (Å²) in [6.07, 6.45) is 10.7. The molecule has 0 bridgehead atoms. The average molecular weight is 465 g/mol. The van der Waals surface area contributed by atoms with Crippen LogP contribution in [0.5, 0.6) is 0 Å². The Bertz CT molecular complexity index is 907. The SMILES string of the molecule is CC#CCC(C)[C@H](O)C=C[C@@H]1[C@H]2CC(=CCCCC(=O)OC(C)c3ccccc3)C[C@H]2C[C@H]1O. The first-order valence-corrected chi connectivity index (χ1v) is 12.8. The lowest BCUT2D eigenvalue weighted by Gasteiger charge is -2.19. The van der Waals surface area contributed by atoms with E-state index < -0.39 is 6.10 Å². The number of hydrogen-bond donors (Lipinski definition) is 2. The van der Waals surface area contributed by atoms with E-state index in [0.29, 0.717) is 24.7 Å². The van der Waals surface area contributed by atoms with Crippen LogP contribution in [0.1, 0.15) is 77.4 Å². The number of carbonyl (C=O) groups excluding carboxylic acids is 1. The predicted octanol–water partition coefficient (Wildman–Crippen LogP) is 5.76. The fourth-order valence-corrected chi connectivity index (χ4v) is 5.36. The van der Waals surface area contributed by atoms with E-state index in [1.165, 1.54) is 5.57 Å². The lowest BCUT2D eigenvalue weighted by Crippen LogP contribution is -2.19. The minimum atomic E-state index is -0.534. The lowest BCUT2D eigenvalue weighted by atomic mass is 9.89. The predicted molar refractivity (Wildman–Crippen MR) is 136 cm³/mol. The second kappa shape index (κ2) is 12.9. The van der Waals surface area contributed by atoms with Gasteiger partial charge in [0.2, 0.25) is 0 Å². The van der Waals surface area contributed by atoms with Crippen LogP contribution < -0.4 is 0 Å². The van der Waals surface area contributed by atoms with Crippen LogP contribution in [0, 0.1) is 35.5 Å². The topological polar surface area (TPSA) is 66.8 Å². The molecular weight excluding hydrogens is 424 g/mol. The van der Waals surface area contributed by atoms with Crippen LogP contribution in [0.2, 0.25) is 0 Å². The molecule has 0 radical (unpaired) electrons. The molecule has 0 aliphatic heterocycles. The summed E-state index contributed by atoms with van der Waals surface area (Å²) in [5.74, 6) is 6.88. The monoisotopic (exact) mass is 464 g/mol. The molecule has 0 heterocycles. The maximum absolute atomic E-state index is 12.2. The van der Waals surface area contributed by atoms with Crippen molar-refractivity contribution in [3.63, 3.8) is 0 Å². The van der Waals surface area contributed by atoms with Crippen molar-refractivity contribution in [2.75, 3.05) is 0 Å². The summed E-state index contributed by atoms with van der Waals surface area (Å²) >= 11 is 0. The van der Waals surface area contributed by atoms with Gasteiger partial charge < -0.3 is 14.9 Å². The zero-order chi connectivity index (χ0) is 24.5. The number of unbranched alkanes of at least 4 members (excludes halogenated alkanes) is 1. The molecule has 2 unspecified atom stereocenters. The van der Waals surface area contributed by atoms with Crippen molar-refractivity contribution in [2.24, 2.45) is 23.7 Å². The minimum Gasteiger partial charge on any atom is -0.458 e. The molecule has 2 N–H and O–H groups in total. The third-order valence-electron chi connectivity index (χ3n) is 7.42. The molecule has 0 amide bonds. The van der Waals surface area contributed by atoms with Gasteiger partial charge in [0, 0.05) is 18.8 Å². The van der Waals surface area contributed by atoms with Gasteiger partial charge in [-0.2, -0.15) is 0 Å². The minimum absolute atomic E-state index is 0.0828. The summed E-state index contributed by atoms with van der Waals surface area (Å²) in [4.78, 5) is 12.2. The highest BCUT2D eigenvalue weighted by molar-refractivity contribution is 5.69. The Balaban J connectivity index is 1.43. The van der Waals surface area contributed by atoms with Crippen LogP contribution in [-0.4, -0.2) is 28.4 Å². The summed E-state index contributed by atoms with van der Waals surface area (Å²) in [5, 5.41) is 21.0. The van der Waals surface area contributed by atoms with E-state index in [4.69, 9.17) is 4.74 Å². The van der Waals surface area contributed by atoms with Gasteiger partial charge in [-0.1, -0.05) is 61.1 Å². The molecule has 4 nitrogen and oxygen atoms in total. The van der Waals surface area contributed by atoms with Crippen molar-refractivity contribution < 1.29 is 19.7 Å². The Hall–Kier alpha value is -2.35. The number of rotatable bonds is 10. The molecule has 34 heavy (non-hydrogen) atoms. The Labute approximate surface area is 205 Å². The van der Waals surface area contributed by atoms with Crippen molar-refractivity contribution >= 4 is 5.97 Å². The van der Waals surface area contributed by atoms with Crippen LogP contribution in [0.25, 0.3) is 0 Å². The van der Waals surface area contributed by atoms with Crippen molar-refractivity contribution in [3.8, 4) is 11.8 Å². The summed E-state index contributed by atoms with van der Waals surface area (Å²) in [5.41, 5.74) is 2.45. The highest BCUT2D eigenvalue weighted by Gasteiger charge is 2.45. The molecule has 0 spiro atoms. The number of carbonyl (C=O) groups is 1. The lowest BCUT2D eigenvalue weighted by molar-refractivity contribution is -0.148. The molecule has 184 valence electrons. The first kappa shape index (κ1) is 26.3. The maximum Gasteiger partial charge on any atom is 0.306 e. The molecule has 1 aromatic rings. The Morgan fingerprint density at radius 3 is 2.74 bits per heavy atom. The first-order valence-electron chi connectivity index (χ1n) is 12.8. The standard InChI is InChI=1S/C30H40O4/c1-4-5-11-21(2)28(31)17-16-26-27-19-23(18-25(27)20-29(26)32)12-9-10-15-30(33)34-22(3)24-13-7-6-8-14-24/h6-8,12-14,16-17,21-22,25-29,31-32H,9-11,15,18-20H2,1-3H3/t21?,22?,25-,26+,27-,28+,29+/m0/s1. The number of ether oxygens (including phenoxy) is 1. The summed E-state index contributed by atoms with van der Waals surface area (Å²) in [6, 6.07) is 9.81. The van der Waals surface area contributed by atoms with E-state index in [1.807, 2.05) is 63.3 Å². The third-order valence-corrected chi connectivity index (χ3v) is 7.42. The number of allylic oxidation sites excluding steroid dienone is 2. The molecular formula is C30H40O4. The van der Waals surface area contributed by atoms with Crippen molar-refractivity contribution in [1.29, 1.82) is 0 Å². The van der Waals surface area contributed by atoms with E-state index in [9.17, 15) is 15.0 Å². The third kappa shape index (κ3) is 7.32. The van der Waals surface area contributed by atoms with Crippen molar-refractivity contribution in [2.45, 2.75) is 84.0 Å². The smallest absolute Gasteiger partial charge is 0.306 e. The molecule has 2 aliphatic carbocycles. The van der Waals surface area contributed by atoms with E-state index in [0.717, 1.165) is 37.7 Å². The number of aliphatic hydroxyl groups is 2. The second-order valence-electron chi connectivity index (χ2n) is 9.99. The fraction of sp³-hybridized carbons (Fsp3) is 0.567. The quantitative estimate of drug-likeness (QED) is 0.200. The van der Waals surface area contributed by atoms with Gasteiger partial charge in [-0.3, -0.25) is 4.79 Å². The van der Waals surface area contributed by atoms with Gasteiger partial charge in [-0.15, -0.1) is 11.8 Å². The molecule has 2 fully saturated rings. The van der Waals surface area contributed by atoms with Crippen LogP contribution >= 0.6 is 0 Å². The van der Waals surface area contributed by atoms with E-state index in [-0.39, 0.29) is 30.0 Å². The second-order valence-corrected chi connectivity index (χ2v) is 9.99. The average Bonchev–Trinajstić information content (AvgIpc) is 3.35. The van der Waals surface area contributed by atoms with E-state index >= 15 is 0 Å². The number of hydrogen-bond acceptors (Lipinski definition) is 4. The van der Waals surface area contributed by atoms with Crippen LogP contribution in [-0.2, 0) is 9.53 Å². The zero-order valence-electron chi connectivity index (χ0n) is 20.8. The van der Waals surface area contributed by atoms with Gasteiger partial charge in [-0.05, 0) is 69.3 Å². The summed E-state index contributed by atoms with van der Waals surface area (Å²) in [7, 11) is 0. The van der Waals surface area contributed by atoms with E-state index in [1.54, 1.807) is 0 Å². The van der Waals surface area contributed by atoms with Crippen LogP contribution in [0.15, 0.2) is 54.1 Å². The Morgan fingerprint density at radius 1 is 1.24 bits per heavy atom. The molecule has 1 aromatic carbocycles. The molecule has 2 saturated carbocycles. The van der Waals surface area contributed by atoms with Crippen molar-refractivity contribution in [1.82, 2.24) is 0 Å². The Morgan fingerprint density at radius 2 is 2.00 bits per heavy atom. The van der Waals surface area contributed by atoms with Gasteiger partial charge in [0.15, 0.2) is 0 Å². The largest absolute Gasteiger partial charge is 0.458 e.